The van der Waals surface area contributed by atoms with E-state index in [4.69, 9.17) is 10.7 Å². The lowest BCUT2D eigenvalue weighted by Gasteiger charge is -2.12. The predicted molar refractivity (Wildman–Crippen MR) is 62.0 cm³/mol. The summed E-state index contributed by atoms with van der Waals surface area (Å²) in [4.78, 5) is 0. The van der Waals surface area contributed by atoms with Gasteiger partial charge in [-0.3, -0.25) is 0 Å². The molecule has 0 saturated heterocycles. The van der Waals surface area contributed by atoms with Gasteiger partial charge in [-0.2, -0.15) is 0 Å². The Kier molecular flexibility index (Phi) is 3.96. The van der Waals surface area contributed by atoms with E-state index in [1.807, 2.05) is 27.7 Å². The maximum Gasteiger partial charge on any atom is 0.296 e. The van der Waals surface area contributed by atoms with Crippen molar-refractivity contribution in [3.8, 4) is 0 Å². The van der Waals surface area contributed by atoms with E-state index in [1.54, 1.807) is 4.57 Å². The predicted octanol–water partition coefficient (Wildman–Crippen LogP) is 1.98. The van der Waals surface area contributed by atoms with Crippen LogP contribution in [-0.2, 0) is 15.6 Å². The maximum atomic E-state index is 11.3. The second-order valence-corrected chi connectivity index (χ2v) is 6.90. The van der Waals surface area contributed by atoms with Crippen LogP contribution < -0.4 is 0 Å². The molecule has 92 valence electrons. The smallest absolute Gasteiger partial charge is 0.296 e. The molecule has 5 nitrogen and oxygen atoms in total. The largest absolute Gasteiger partial charge is 0.300 e. The molecule has 0 aliphatic carbocycles. The van der Waals surface area contributed by atoms with Crippen LogP contribution >= 0.6 is 10.7 Å². The minimum atomic E-state index is -3.83. The number of nitrogens with zero attached hydrogens (tertiary/aromatic N) is 3. The first-order valence-corrected chi connectivity index (χ1v) is 7.42. The van der Waals surface area contributed by atoms with Crippen LogP contribution in [0.1, 0.15) is 39.4 Å². The summed E-state index contributed by atoms with van der Waals surface area (Å²) in [7, 11) is 1.48. The Labute approximate surface area is 100 Å². The Morgan fingerprint density at radius 1 is 1.25 bits per heavy atom. The first-order valence-electron chi connectivity index (χ1n) is 5.11. The third-order valence-corrected chi connectivity index (χ3v) is 3.18. The monoisotopic (exact) mass is 265 g/mol. The van der Waals surface area contributed by atoms with Crippen molar-refractivity contribution in [3.05, 3.63) is 5.82 Å². The van der Waals surface area contributed by atoms with Crippen molar-refractivity contribution in [3.63, 3.8) is 0 Å². The van der Waals surface area contributed by atoms with Gasteiger partial charge in [-0.05, 0) is 5.92 Å². The van der Waals surface area contributed by atoms with Crippen molar-refractivity contribution in [2.75, 3.05) is 0 Å². The highest BCUT2D eigenvalue weighted by Crippen LogP contribution is 2.20. The van der Waals surface area contributed by atoms with Gasteiger partial charge >= 0.3 is 0 Å². The van der Waals surface area contributed by atoms with Crippen LogP contribution in [0.3, 0.4) is 0 Å². The van der Waals surface area contributed by atoms with Gasteiger partial charge in [0.05, 0.1) is 0 Å². The van der Waals surface area contributed by atoms with E-state index in [2.05, 4.69) is 10.2 Å². The Balaban J connectivity index is 3.31. The molecule has 0 radical (unpaired) electrons. The van der Waals surface area contributed by atoms with Crippen LogP contribution in [-0.4, -0.2) is 23.2 Å². The fourth-order valence-electron chi connectivity index (χ4n) is 1.44. The third-order valence-electron chi connectivity index (χ3n) is 2.03. The van der Waals surface area contributed by atoms with E-state index < -0.39 is 9.05 Å². The van der Waals surface area contributed by atoms with Crippen molar-refractivity contribution >= 4 is 19.7 Å². The molecule has 0 atom stereocenters. The molecule has 0 amide bonds. The van der Waals surface area contributed by atoms with Crippen LogP contribution in [0.25, 0.3) is 0 Å². The van der Waals surface area contributed by atoms with Crippen LogP contribution in [0.2, 0.25) is 0 Å². The fourth-order valence-corrected chi connectivity index (χ4v) is 2.36. The zero-order chi connectivity index (χ0) is 12.5. The molecule has 1 aromatic heterocycles. The highest BCUT2D eigenvalue weighted by molar-refractivity contribution is 8.13. The molecule has 0 unspecified atom stereocenters. The summed E-state index contributed by atoms with van der Waals surface area (Å²) in [5.74, 6) is 1.05. The second-order valence-electron chi connectivity index (χ2n) is 4.44. The highest BCUT2D eigenvalue weighted by Gasteiger charge is 2.24. The van der Waals surface area contributed by atoms with E-state index in [9.17, 15) is 8.42 Å². The van der Waals surface area contributed by atoms with Crippen molar-refractivity contribution < 1.29 is 8.42 Å². The van der Waals surface area contributed by atoms with Crippen molar-refractivity contribution in [1.82, 2.24) is 14.8 Å². The minimum Gasteiger partial charge on any atom is -0.300 e. The maximum absolute atomic E-state index is 11.3. The molecule has 16 heavy (non-hydrogen) atoms. The van der Waals surface area contributed by atoms with Crippen LogP contribution in [0.5, 0.6) is 0 Å². The molecule has 0 aliphatic rings. The number of hydrogen-bond acceptors (Lipinski definition) is 4. The van der Waals surface area contributed by atoms with Crippen molar-refractivity contribution in [2.45, 2.75) is 45.3 Å². The summed E-state index contributed by atoms with van der Waals surface area (Å²) in [5, 5.41) is 7.38. The van der Waals surface area contributed by atoms with Crippen LogP contribution in [0.15, 0.2) is 5.16 Å². The summed E-state index contributed by atoms with van der Waals surface area (Å²) in [6.07, 6.45) is 0. The van der Waals surface area contributed by atoms with Gasteiger partial charge < -0.3 is 4.57 Å². The van der Waals surface area contributed by atoms with Crippen LogP contribution in [0.4, 0.5) is 0 Å². The Bertz CT molecular complexity index is 465. The lowest BCUT2D eigenvalue weighted by molar-refractivity contribution is 0.465. The zero-order valence-corrected chi connectivity index (χ0v) is 11.4. The topological polar surface area (TPSA) is 64.8 Å². The average molecular weight is 266 g/mol. The van der Waals surface area contributed by atoms with Gasteiger partial charge in [-0.25, -0.2) is 8.42 Å². The Morgan fingerprint density at radius 3 is 2.19 bits per heavy atom. The molecule has 0 aromatic carbocycles. The average Bonchev–Trinajstić information content (AvgIpc) is 2.45. The molecule has 0 fully saturated rings. The van der Waals surface area contributed by atoms with Gasteiger partial charge in [0.2, 0.25) is 0 Å². The fraction of sp³-hybridized carbons (Fsp3) is 0.778. The molecular weight excluding hydrogens is 250 g/mol. The SMILES string of the molecule is CC(C)Cn1c(C(C)C)nnc1S(=O)(=O)Cl. The van der Waals surface area contributed by atoms with Crippen molar-refractivity contribution in [2.24, 2.45) is 5.92 Å². The first-order chi connectivity index (χ1) is 7.23. The van der Waals surface area contributed by atoms with E-state index in [0.717, 1.165) is 0 Å². The van der Waals surface area contributed by atoms with E-state index in [1.165, 1.54) is 0 Å². The van der Waals surface area contributed by atoms with E-state index in [0.29, 0.717) is 18.3 Å². The molecule has 0 bridgehead atoms. The Morgan fingerprint density at radius 2 is 1.81 bits per heavy atom. The Hall–Kier alpha value is -0.620. The summed E-state index contributed by atoms with van der Waals surface area (Å²) in [6, 6.07) is 0. The number of aromatic nitrogens is 3. The van der Waals surface area contributed by atoms with Gasteiger partial charge in [-0.1, -0.05) is 27.7 Å². The quantitative estimate of drug-likeness (QED) is 0.781. The zero-order valence-electron chi connectivity index (χ0n) is 9.81. The van der Waals surface area contributed by atoms with Gasteiger partial charge in [0.1, 0.15) is 5.82 Å². The molecule has 0 N–H and O–H groups in total. The number of halogens is 1. The van der Waals surface area contributed by atoms with Gasteiger partial charge in [-0.15, -0.1) is 10.2 Å². The summed E-state index contributed by atoms with van der Waals surface area (Å²) < 4.78 is 24.2. The minimum absolute atomic E-state index is 0.110. The molecule has 0 spiro atoms. The summed E-state index contributed by atoms with van der Waals surface area (Å²) >= 11 is 0. The first kappa shape index (κ1) is 13.4. The standard InChI is InChI=1S/C9H16ClN3O2S/c1-6(2)5-13-8(7(3)4)11-12-9(13)16(10,14)15/h6-7H,5H2,1-4H3. The van der Waals surface area contributed by atoms with Gasteiger partial charge in [0.25, 0.3) is 14.2 Å². The lowest BCUT2D eigenvalue weighted by Crippen LogP contribution is -2.14. The highest BCUT2D eigenvalue weighted by atomic mass is 35.7. The molecule has 0 saturated carbocycles. The van der Waals surface area contributed by atoms with E-state index in [-0.39, 0.29) is 11.1 Å². The number of hydrogen-bond donors (Lipinski definition) is 0. The molecule has 0 aliphatic heterocycles. The second kappa shape index (κ2) is 4.71. The molecule has 1 heterocycles. The van der Waals surface area contributed by atoms with E-state index >= 15 is 0 Å². The third kappa shape index (κ3) is 2.95. The summed E-state index contributed by atoms with van der Waals surface area (Å²) in [6.45, 7) is 8.40. The molecule has 1 rings (SSSR count). The normalized spacial score (nSPS) is 12.7. The van der Waals surface area contributed by atoms with Gasteiger partial charge in [0.15, 0.2) is 0 Å². The lowest BCUT2D eigenvalue weighted by atomic mass is 10.2. The molecule has 1 aromatic rings. The summed E-state index contributed by atoms with van der Waals surface area (Å²) in [5.41, 5.74) is 0. The molecule has 7 heteroatoms. The van der Waals surface area contributed by atoms with Crippen LogP contribution in [0, 0.1) is 5.92 Å². The number of rotatable bonds is 4. The van der Waals surface area contributed by atoms with Crippen molar-refractivity contribution in [1.29, 1.82) is 0 Å². The molecular formula is C9H16ClN3O2S. The van der Waals surface area contributed by atoms with Gasteiger partial charge in [0, 0.05) is 23.1 Å².